The van der Waals surface area contributed by atoms with Gasteiger partial charge in [-0.2, -0.15) is 0 Å². The van der Waals surface area contributed by atoms with Gasteiger partial charge in [0.05, 0.1) is 12.1 Å². The molecule has 8 atom stereocenters. The lowest BCUT2D eigenvalue weighted by atomic mass is 9.88. The van der Waals surface area contributed by atoms with Crippen molar-refractivity contribution >= 4 is 35.8 Å². The third-order valence-electron chi connectivity index (χ3n) is 9.65. The molecule has 0 saturated carbocycles. The second kappa shape index (κ2) is 25.4. The number of aliphatic hydroxyl groups is 2. The number of alkyl carbamates (subject to hydrolysis) is 2. The van der Waals surface area contributed by atoms with Crippen LogP contribution in [0.5, 0.6) is 0 Å². The van der Waals surface area contributed by atoms with Crippen molar-refractivity contribution < 1.29 is 48.5 Å². The summed E-state index contributed by atoms with van der Waals surface area (Å²) in [4.78, 5) is 78.7. The van der Waals surface area contributed by atoms with Gasteiger partial charge in [-0.1, -0.05) is 116 Å². The van der Waals surface area contributed by atoms with E-state index in [-0.39, 0.29) is 37.9 Å². The van der Waals surface area contributed by atoms with Crippen LogP contribution in [0.15, 0.2) is 60.7 Å². The second-order valence-electron chi connectivity index (χ2n) is 16.8. The Morgan fingerprint density at radius 1 is 0.467 bits per heavy atom. The highest BCUT2D eigenvalue weighted by molar-refractivity contribution is 5.92. The van der Waals surface area contributed by atoms with Crippen molar-refractivity contribution in [2.45, 2.75) is 144 Å². The van der Waals surface area contributed by atoms with E-state index in [0.29, 0.717) is 0 Å². The van der Waals surface area contributed by atoms with Crippen LogP contribution in [0, 0.1) is 23.7 Å². The van der Waals surface area contributed by atoms with E-state index in [2.05, 4.69) is 31.9 Å². The van der Waals surface area contributed by atoms with E-state index in [4.69, 9.17) is 9.47 Å². The fraction of sp³-hybridized carbons (Fsp3) is 0.591. The number of ether oxygens (including phenoxy) is 2. The van der Waals surface area contributed by atoms with Crippen molar-refractivity contribution in [1.82, 2.24) is 31.9 Å². The van der Waals surface area contributed by atoms with Crippen LogP contribution in [0.3, 0.4) is 0 Å². The molecule has 0 radical (unpaired) electrons. The first-order valence-electron chi connectivity index (χ1n) is 20.7. The summed E-state index contributed by atoms with van der Waals surface area (Å²) in [6.07, 6.45) is -4.28. The summed E-state index contributed by atoms with van der Waals surface area (Å²) >= 11 is 0. The summed E-state index contributed by atoms with van der Waals surface area (Å²) in [5.41, 5.74) is 1.54. The van der Waals surface area contributed by atoms with Gasteiger partial charge in [0.25, 0.3) is 0 Å². The minimum Gasteiger partial charge on any atom is -0.445 e. The monoisotopic (exact) mass is 840 g/mol. The maximum absolute atomic E-state index is 13.8. The van der Waals surface area contributed by atoms with Gasteiger partial charge < -0.3 is 51.6 Å². The first-order valence-corrected chi connectivity index (χ1v) is 20.7. The third-order valence-corrected chi connectivity index (χ3v) is 9.65. The number of rotatable bonds is 23. The average Bonchev–Trinajstić information content (AvgIpc) is 3.19. The largest absolute Gasteiger partial charge is 0.445 e. The minimum absolute atomic E-state index is 0.00655. The van der Waals surface area contributed by atoms with Crippen LogP contribution < -0.4 is 31.9 Å². The minimum atomic E-state index is -1.57. The van der Waals surface area contributed by atoms with Gasteiger partial charge in [-0.15, -0.1) is 0 Å². The van der Waals surface area contributed by atoms with Gasteiger partial charge in [0.2, 0.25) is 23.6 Å². The Morgan fingerprint density at radius 2 is 0.783 bits per heavy atom. The molecule has 0 saturated heterocycles. The maximum atomic E-state index is 13.8. The predicted molar refractivity (Wildman–Crippen MR) is 227 cm³/mol. The zero-order valence-corrected chi connectivity index (χ0v) is 36.7. The van der Waals surface area contributed by atoms with Crippen LogP contribution in [0.2, 0.25) is 0 Å². The van der Waals surface area contributed by atoms with E-state index in [1.807, 2.05) is 64.1 Å². The highest BCUT2D eigenvalue weighted by Gasteiger charge is 2.38. The Morgan fingerprint density at radius 3 is 1.07 bits per heavy atom. The van der Waals surface area contributed by atoms with Crippen molar-refractivity contribution in [3.8, 4) is 0 Å². The summed E-state index contributed by atoms with van der Waals surface area (Å²) in [5.74, 6) is -3.45. The molecule has 2 aromatic rings. The quantitative estimate of drug-likeness (QED) is 0.0809. The van der Waals surface area contributed by atoms with Crippen molar-refractivity contribution in [2.75, 3.05) is 0 Å². The molecule has 0 fully saturated rings. The lowest BCUT2D eigenvalue weighted by Crippen LogP contribution is -2.62. The number of benzene rings is 2. The summed E-state index contributed by atoms with van der Waals surface area (Å²) in [6.45, 7) is 17.4. The fourth-order valence-electron chi connectivity index (χ4n) is 6.24. The Hall–Kier alpha value is -5.22. The number of carbonyl (C=O) groups is 6. The van der Waals surface area contributed by atoms with Gasteiger partial charge in [-0.3, -0.25) is 19.2 Å². The van der Waals surface area contributed by atoms with Crippen molar-refractivity contribution in [3.63, 3.8) is 0 Å². The van der Waals surface area contributed by atoms with E-state index in [1.165, 1.54) is 13.8 Å². The molecule has 4 unspecified atom stereocenters. The molecule has 0 spiro atoms. The maximum Gasteiger partial charge on any atom is 0.408 e. The third kappa shape index (κ3) is 18.0. The Bertz CT molecular complexity index is 1540. The highest BCUT2D eigenvalue weighted by atomic mass is 16.6. The molecule has 0 aliphatic rings. The molecule has 6 amide bonds. The molecule has 2 rings (SSSR count). The van der Waals surface area contributed by atoms with E-state index < -0.39 is 96.1 Å². The van der Waals surface area contributed by atoms with Gasteiger partial charge in [0.1, 0.15) is 49.6 Å². The van der Waals surface area contributed by atoms with Gasteiger partial charge >= 0.3 is 12.2 Å². The topological polar surface area (TPSA) is 234 Å². The summed E-state index contributed by atoms with van der Waals surface area (Å²) in [5, 5.41) is 39.3. The van der Waals surface area contributed by atoms with Crippen LogP contribution in [0.1, 0.15) is 93.2 Å². The van der Waals surface area contributed by atoms with E-state index >= 15 is 0 Å². The van der Waals surface area contributed by atoms with Gasteiger partial charge in [-0.25, -0.2) is 9.59 Å². The predicted octanol–water partition coefficient (Wildman–Crippen LogP) is 3.68. The molecule has 16 heteroatoms. The van der Waals surface area contributed by atoms with Crippen LogP contribution in [0.4, 0.5) is 9.59 Å². The Balaban J connectivity index is 2.12. The molecule has 8 N–H and O–H groups in total. The van der Waals surface area contributed by atoms with Gasteiger partial charge in [0, 0.05) is 0 Å². The summed E-state index contributed by atoms with van der Waals surface area (Å²) in [6, 6.07) is 11.8. The van der Waals surface area contributed by atoms with E-state index in [0.717, 1.165) is 11.1 Å². The number of hydrogen-bond acceptors (Lipinski definition) is 10. The molecule has 0 aromatic heterocycles. The van der Waals surface area contributed by atoms with E-state index in [1.54, 1.807) is 52.0 Å². The van der Waals surface area contributed by atoms with Crippen LogP contribution in [0.25, 0.3) is 0 Å². The number of amides is 6. The Labute approximate surface area is 354 Å². The molecular weight excluding hydrogens is 773 g/mol. The summed E-state index contributed by atoms with van der Waals surface area (Å²) in [7, 11) is 0. The van der Waals surface area contributed by atoms with Crippen LogP contribution in [-0.4, -0.2) is 94.5 Å². The van der Waals surface area contributed by atoms with Crippen molar-refractivity contribution in [3.05, 3.63) is 71.8 Å². The van der Waals surface area contributed by atoms with Gasteiger partial charge in [0.15, 0.2) is 0 Å². The summed E-state index contributed by atoms with van der Waals surface area (Å²) < 4.78 is 10.4. The first-order chi connectivity index (χ1) is 28.2. The normalized spacial score (nSPS) is 15.4. The Kier molecular flexibility index (Phi) is 21.6. The zero-order chi connectivity index (χ0) is 45.1. The number of nitrogens with one attached hydrogen (secondary N) is 6. The molecule has 0 aliphatic heterocycles. The van der Waals surface area contributed by atoms with Crippen molar-refractivity contribution in [2.24, 2.45) is 23.7 Å². The average molecular weight is 841 g/mol. The molecule has 16 nitrogen and oxygen atoms in total. The van der Waals surface area contributed by atoms with Crippen LogP contribution in [-0.2, 0) is 41.9 Å². The molecule has 0 heterocycles. The van der Waals surface area contributed by atoms with E-state index in [9.17, 15) is 39.0 Å². The standard InChI is InChI=1S/C44H68N6O10/c1-25(2)21-33(47-41(55)35(27(5)6)49-39(53)29(9)45-43(57)59-23-31-17-13-11-14-18-31)37(51)38(52)34(22-26(3)4)48-42(56)36(28(7)8)50-40(54)30(10)46-44(58)60-24-32-19-15-12-16-20-32/h11-20,25-30,33-38,51-52H,21-24H2,1-10H3,(H,45,57)(H,46,58)(H,47,55)(H,48,56)(H,49,53)(H,50,54)/t29?,30?,33-,34+,35?,36?,37+,38-. The lowest BCUT2D eigenvalue weighted by molar-refractivity contribution is -0.133. The SMILES string of the molecule is CC(C)C[C@H](NC(=O)C(NC(=O)C(C)NC(=O)OCc1ccccc1)C(C)C)[C@@H](O)[C@@H](O)[C@@H](CC(C)C)NC(=O)C(NC(=O)C(C)NC(=O)OCc1ccccc1)C(C)C. The highest BCUT2D eigenvalue weighted by Crippen LogP contribution is 2.19. The molecule has 334 valence electrons. The molecule has 60 heavy (non-hydrogen) atoms. The van der Waals surface area contributed by atoms with Crippen LogP contribution >= 0.6 is 0 Å². The smallest absolute Gasteiger partial charge is 0.408 e. The molecular formula is C44H68N6O10. The molecule has 2 aromatic carbocycles. The molecule has 0 aliphatic carbocycles. The number of hydrogen-bond donors (Lipinski definition) is 8. The lowest BCUT2D eigenvalue weighted by Gasteiger charge is -2.36. The number of carbonyl (C=O) groups excluding carboxylic acids is 6. The number of aliphatic hydroxyl groups excluding tert-OH is 2. The fourth-order valence-corrected chi connectivity index (χ4v) is 6.24. The first kappa shape index (κ1) is 50.9. The van der Waals surface area contributed by atoms with Crippen molar-refractivity contribution in [1.29, 1.82) is 0 Å². The second-order valence-corrected chi connectivity index (χ2v) is 16.8. The van der Waals surface area contributed by atoms with Gasteiger partial charge in [-0.05, 0) is 61.5 Å². The zero-order valence-electron chi connectivity index (χ0n) is 36.7. The molecule has 0 bridgehead atoms.